The lowest BCUT2D eigenvalue weighted by Gasteiger charge is -2.26. The Labute approximate surface area is 211 Å². The lowest BCUT2D eigenvalue weighted by atomic mass is 9.94. The number of methoxy groups -OCH3 is 3. The SMILES string of the molecule is COc1cc(C2/C(=C(\O)c3ccc([N+](=O)[O-])cc3)C(=O)C(=O)N2Cc2cccnc2)cc(OC)c1OC. The van der Waals surface area contributed by atoms with Gasteiger partial charge in [-0.15, -0.1) is 0 Å². The molecule has 190 valence electrons. The molecule has 0 saturated carbocycles. The predicted octanol–water partition coefficient (Wildman–Crippen LogP) is 3.64. The first-order valence-corrected chi connectivity index (χ1v) is 11.0. The summed E-state index contributed by atoms with van der Waals surface area (Å²) in [6.07, 6.45) is 3.16. The van der Waals surface area contributed by atoms with Crippen LogP contribution >= 0.6 is 0 Å². The van der Waals surface area contributed by atoms with Crippen molar-refractivity contribution in [2.24, 2.45) is 0 Å². The summed E-state index contributed by atoms with van der Waals surface area (Å²) >= 11 is 0. The molecular weight excluding hydrogens is 482 g/mol. The Kier molecular flexibility index (Phi) is 7.05. The highest BCUT2D eigenvalue weighted by molar-refractivity contribution is 6.46. The highest BCUT2D eigenvalue weighted by Crippen LogP contribution is 2.46. The van der Waals surface area contributed by atoms with Crippen LogP contribution in [-0.4, -0.2) is 52.9 Å². The first-order chi connectivity index (χ1) is 17.8. The molecule has 11 heteroatoms. The van der Waals surface area contributed by atoms with Crippen molar-refractivity contribution in [3.05, 3.63) is 93.3 Å². The maximum atomic E-state index is 13.3. The number of ketones is 1. The summed E-state index contributed by atoms with van der Waals surface area (Å²) in [7, 11) is 4.32. The molecule has 1 aliphatic heterocycles. The van der Waals surface area contributed by atoms with E-state index >= 15 is 0 Å². The number of nitro benzene ring substituents is 1. The molecule has 0 spiro atoms. The third-order valence-corrected chi connectivity index (χ3v) is 5.97. The molecule has 1 fully saturated rings. The molecule has 4 rings (SSSR count). The van der Waals surface area contributed by atoms with Gasteiger partial charge < -0.3 is 24.2 Å². The summed E-state index contributed by atoms with van der Waals surface area (Å²) in [5, 5.41) is 22.3. The number of ether oxygens (including phenoxy) is 3. The van der Waals surface area contributed by atoms with E-state index in [-0.39, 0.29) is 23.4 Å². The Balaban J connectivity index is 1.93. The number of rotatable bonds is 8. The van der Waals surface area contributed by atoms with Crippen LogP contribution in [0.2, 0.25) is 0 Å². The van der Waals surface area contributed by atoms with E-state index in [2.05, 4.69) is 4.98 Å². The number of nitrogens with zero attached hydrogens (tertiary/aromatic N) is 3. The summed E-state index contributed by atoms with van der Waals surface area (Å²) in [4.78, 5) is 42.4. The molecule has 1 unspecified atom stereocenters. The molecule has 3 aromatic rings. The van der Waals surface area contributed by atoms with Crippen LogP contribution in [0.1, 0.15) is 22.7 Å². The van der Waals surface area contributed by atoms with Gasteiger partial charge in [-0.25, -0.2) is 0 Å². The van der Waals surface area contributed by atoms with Gasteiger partial charge in [-0.1, -0.05) is 6.07 Å². The van der Waals surface area contributed by atoms with Crippen molar-refractivity contribution in [3.8, 4) is 17.2 Å². The molecular formula is C26H23N3O8. The predicted molar refractivity (Wildman–Crippen MR) is 131 cm³/mol. The van der Waals surface area contributed by atoms with Crippen LogP contribution in [0.25, 0.3) is 5.76 Å². The molecule has 1 N–H and O–H groups in total. The van der Waals surface area contributed by atoms with Gasteiger partial charge in [0, 0.05) is 36.6 Å². The van der Waals surface area contributed by atoms with Gasteiger partial charge in [0.2, 0.25) is 5.75 Å². The van der Waals surface area contributed by atoms with Crippen molar-refractivity contribution in [3.63, 3.8) is 0 Å². The third-order valence-electron chi connectivity index (χ3n) is 5.97. The fraction of sp³-hybridized carbons (Fsp3) is 0.192. The van der Waals surface area contributed by atoms with E-state index in [0.29, 0.717) is 28.4 Å². The number of hydrogen-bond acceptors (Lipinski definition) is 9. The normalized spacial score (nSPS) is 16.5. The summed E-state index contributed by atoms with van der Waals surface area (Å²) in [6.45, 7) is 0.0246. The largest absolute Gasteiger partial charge is 0.507 e. The molecule has 1 aliphatic rings. The molecule has 37 heavy (non-hydrogen) atoms. The molecule has 1 aromatic heterocycles. The first-order valence-electron chi connectivity index (χ1n) is 11.0. The number of non-ortho nitro benzene ring substituents is 1. The molecule has 1 atom stereocenters. The van der Waals surface area contributed by atoms with Gasteiger partial charge in [0.05, 0.1) is 37.9 Å². The Bertz CT molecular complexity index is 1360. The molecule has 0 radical (unpaired) electrons. The highest BCUT2D eigenvalue weighted by Gasteiger charge is 2.46. The second-order valence-corrected chi connectivity index (χ2v) is 8.05. The van der Waals surface area contributed by atoms with Crippen molar-refractivity contribution in [1.29, 1.82) is 0 Å². The monoisotopic (exact) mass is 505 g/mol. The number of Topliss-reactive ketones (excluding diaryl/α,β-unsaturated/α-hetero) is 1. The summed E-state index contributed by atoms with van der Waals surface area (Å²) in [6, 6.07) is 10.7. The lowest BCUT2D eigenvalue weighted by Crippen LogP contribution is -2.29. The quantitative estimate of drug-likeness (QED) is 0.160. The van der Waals surface area contributed by atoms with Crippen molar-refractivity contribution in [2.45, 2.75) is 12.6 Å². The van der Waals surface area contributed by atoms with Crippen molar-refractivity contribution < 1.29 is 33.8 Å². The third kappa shape index (κ3) is 4.66. The average molecular weight is 505 g/mol. The summed E-state index contributed by atoms with van der Waals surface area (Å²) in [5.41, 5.74) is 0.854. The second kappa shape index (κ2) is 10.4. The second-order valence-electron chi connectivity index (χ2n) is 8.05. The first kappa shape index (κ1) is 25.2. The van der Waals surface area contributed by atoms with Gasteiger partial charge in [0.15, 0.2) is 11.5 Å². The Morgan fingerprint density at radius 3 is 2.22 bits per heavy atom. The van der Waals surface area contributed by atoms with E-state index in [0.717, 1.165) is 0 Å². The van der Waals surface area contributed by atoms with Crippen molar-refractivity contribution >= 4 is 23.1 Å². The van der Waals surface area contributed by atoms with E-state index in [4.69, 9.17) is 14.2 Å². The number of likely N-dealkylation sites (tertiary alicyclic amines) is 1. The number of pyridine rings is 1. The summed E-state index contributed by atoms with van der Waals surface area (Å²) < 4.78 is 16.3. The van der Waals surface area contributed by atoms with Gasteiger partial charge in [-0.2, -0.15) is 0 Å². The maximum Gasteiger partial charge on any atom is 0.295 e. The Hall–Kier alpha value is -4.93. The number of aliphatic hydroxyl groups is 1. The minimum atomic E-state index is -1.04. The van der Waals surface area contributed by atoms with Gasteiger partial charge in [0.1, 0.15) is 5.76 Å². The molecule has 11 nitrogen and oxygen atoms in total. The molecule has 0 bridgehead atoms. The van der Waals surface area contributed by atoms with Crippen LogP contribution in [0.3, 0.4) is 0 Å². The van der Waals surface area contributed by atoms with Crippen molar-refractivity contribution in [2.75, 3.05) is 21.3 Å². The number of aromatic nitrogens is 1. The van der Waals surface area contributed by atoms with Gasteiger partial charge in [-0.05, 0) is 41.5 Å². The average Bonchev–Trinajstić information content (AvgIpc) is 3.17. The smallest absolute Gasteiger partial charge is 0.295 e. The van der Waals surface area contributed by atoms with Crippen LogP contribution in [0.4, 0.5) is 5.69 Å². The van der Waals surface area contributed by atoms with Crippen LogP contribution in [-0.2, 0) is 16.1 Å². The zero-order valence-electron chi connectivity index (χ0n) is 20.2. The number of benzene rings is 2. The maximum absolute atomic E-state index is 13.3. The zero-order valence-corrected chi connectivity index (χ0v) is 20.2. The van der Waals surface area contributed by atoms with Crippen LogP contribution in [0.15, 0.2) is 66.5 Å². The lowest BCUT2D eigenvalue weighted by molar-refractivity contribution is -0.384. The van der Waals surface area contributed by atoms with Gasteiger partial charge in [0.25, 0.3) is 17.4 Å². The van der Waals surface area contributed by atoms with E-state index in [1.54, 1.807) is 36.7 Å². The van der Waals surface area contributed by atoms with Crippen LogP contribution < -0.4 is 14.2 Å². The number of aliphatic hydroxyl groups excluding tert-OH is 1. The van der Waals surface area contributed by atoms with E-state index in [9.17, 15) is 24.8 Å². The Morgan fingerprint density at radius 1 is 1.05 bits per heavy atom. The number of amides is 1. The number of carbonyl (C=O) groups is 2. The van der Waals surface area contributed by atoms with E-state index < -0.39 is 28.4 Å². The number of nitro groups is 1. The van der Waals surface area contributed by atoms with Gasteiger partial charge in [-0.3, -0.25) is 24.7 Å². The number of carbonyl (C=O) groups excluding carboxylic acids is 2. The highest BCUT2D eigenvalue weighted by atomic mass is 16.6. The van der Waals surface area contributed by atoms with Gasteiger partial charge >= 0.3 is 0 Å². The summed E-state index contributed by atoms with van der Waals surface area (Å²) in [5.74, 6) is -1.31. The minimum absolute atomic E-state index is 0.0246. The molecule has 1 saturated heterocycles. The number of hydrogen-bond donors (Lipinski definition) is 1. The molecule has 0 aliphatic carbocycles. The fourth-order valence-electron chi connectivity index (χ4n) is 4.23. The van der Waals surface area contributed by atoms with Crippen molar-refractivity contribution in [1.82, 2.24) is 9.88 Å². The topological polar surface area (TPSA) is 141 Å². The molecule has 2 heterocycles. The zero-order chi connectivity index (χ0) is 26.7. The fourth-order valence-corrected chi connectivity index (χ4v) is 4.23. The molecule has 1 amide bonds. The molecule has 2 aromatic carbocycles. The minimum Gasteiger partial charge on any atom is -0.507 e. The van der Waals surface area contributed by atoms with Crippen LogP contribution in [0, 0.1) is 10.1 Å². The Morgan fingerprint density at radius 2 is 1.70 bits per heavy atom. The van der Waals surface area contributed by atoms with E-state index in [1.165, 1.54) is 50.5 Å². The van der Waals surface area contributed by atoms with E-state index in [1.807, 2.05) is 0 Å². The standard InChI is InChI=1S/C26H23N3O8/c1-35-19-11-17(12-20(36-2)25(19)37-3)22-21(23(30)16-6-8-18(9-7-16)29(33)34)24(31)26(32)28(22)14-15-5-4-10-27-13-15/h4-13,22,30H,14H2,1-3H3/b23-21+. The van der Waals surface area contributed by atoms with Crippen LogP contribution in [0.5, 0.6) is 17.2 Å².